The fourth-order valence-electron chi connectivity index (χ4n) is 3.04. The summed E-state index contributed by atoms with van der Waals surface area (Å²) in [4.78, 5) is 16.2. The minimum absolute atomic E-state index is 0. The lowest BCUT2D eigenvalue weighted by Crippen LogP contribution is -2.38. The predicted octanol–water partition coefficient (Wildman–Crippen LogP) is 4.14. The van der Waals surface area contributed by atoms with Crippen LogP contribution < -0.4 is 5.84 Å². The Morgan fingerprint density at radius 2 is 1.89 bits per heavy atom. The van der Waals surface area contributed by atoms with Crippen LogP contribution in [0.1, 0.15) is 18.2 Å². The topological polar surface area (TPSA) is 66.0 Å². The number of hydrazine groups is 1. The second-order valence-electron chi connectivity index (χ2n) is 6.60. The maximum atomic E-state index is 12.5. The molecule has 8 heteroatoms. The van der Waals surface area contributed by atoms with Crippen LogP contribution in [0.2, 0.25) is 5.02 Å². The normalized spacial score (nSPS) is 17.0. The Morgan fingerprint density at radius 1 is 1.22 bits per heavy atom. The summed E-state index contributed by atoms with van der Waals surface area (Å²) in [5, 5.41) is 1.85. The molecular weight excluding hydrogens is 387 g/mol. The molecule has 1 atom stereocenters. The number of rotatable bonds is 6. The van der Waals surface area contributed by atoms with Gasteiger partial charge in [0.05, 0.1) is 0 Å². The van der Waals surface area contributed by atoms with Crippen LogP contribution in [0.3, 0.4) is 0 Å². The van der Waals surface area contributed by atoms with E-state index in [-0.39, 0.29) is 18.4 Å². The van der Waals surface area contributed by atoms with Crippen molar-refractivity contribution in [2.45, 2.75) is 12.5 Å². The van der Waals surface area contributed by atoms with Crippen LogP contribution in [0.4, 0.5) is 4.79 Å². The molecule has 0 saturated carbocycles. The monoisotopic (exact) mass is 410 g/mol. The first-order valence-electron chi connectivity index (χ1n) is 8.43. The van der Waals surface area contributed by atoms with E-state index in [0.29, 0.717) is 28.8 Å². The van der Waals surface area contributed by atoms with Gasteiger partial charge in [0.1, 0.15) is 17.6 Å². The van der Waals surface area contributed by atoms with E-state index in [4.69, 9.17) is 21.9 Å². The van der Waals surface area contributed by atoms with Crippen LogP contribution in [0, 0.1) is 0 Å². The van der Waals surface area contributed by atoms with Crippen LogP contribution >= 0.6 is 24.0 Å². The summed E-state index contributed by atoms with van der Waals surface area (Å²) >= 11 is 5.93. The average Bonchev–Trinajstić information content (AvgIpc) is 3.14. The maximum Gasteiger partial charge on any atom is 0.339 e. The van der Waals surface area contributed by atoms with Gasteiger partial charge in [-0.25, -0.2) is 15.6 Å². The van der Waals surface area contributed by atoms with Crippen molar-refractivity contribution in [1.82, 2.24) is 14.8 Å². The summed E-state index contributed by atoms with van der Waals surface area (Å²) in [7, 11) is 4.00. The number of nitrogens with zero attached hydrogens (tertiary/aromatic N) is 3. The van der Waals surface area contributed by atoms with Crippen molar-refractivity contribution in [3.63, 3.8) is 0 Å². The summed E-state index contributed by atoms with van der Waals surface area (Å²) in [6, 6.07) is 10.3. The SMILES string of the molecule is C=C1C(c2ccc(-c3ccc(Cl)cc3)o2)N(N)C(=O)N1CCCN(C)C.Cl. The first-order chi connectivity index (χ1) is 12.4. The van der Waals surface area contributed by atoms with Gasteiger partial charge in [-0.05, 0) is 63.5 Å². The third-order valence-corrected chi connectivity index (χ3v) is 4.66. The Labute approximate surface area is 170 Å². The summed E-state index contributed by atoms with van der Waals surface area (Å²) in [5.41, 5.74) is 1.54. The molecule has 3 rings (SSSR count). The average molecular weight is 411 g/mol. The van der Waals surface area contributed by atoms with Crippen LogP contribution in [-0.4, -0.2) is 48.0 Å². The van der Waals surface area contributed by atoms with E-state index in [1.807, 2.05) is 38.4 Å². The number of urea groups is 1. The number of carbonyl (C=O) groups is 1. The molecule has 1 aromatic heterocycles. The third kappa shape index (κ3) is 4.47. The zero-order chi connectivity index (χ0) is 18.8. The smallest absolute Gasteiger partial charge is 0.339 e. The van der Waals surface area contributed by atoms with E-state index in [1.54, 1.807) is 17.0 Å². The summed E-state index contributed by atoms with van der Waals surface area (Å²) < 4.78 is 5.96. The number of halogens is 2. The van der Waals surface area contributed by atoms with Crippen molar-refractivity contribution in [1.29, 1.82) is 0 Å². The Morgan fingerprint density at radius 3 is 2.52 bits per heavy atom. The van der Waals surface area contributed by atoms with Crippen LogP contribution in [0.25, 0.3) is 11.3 Å². The van der Waals surface area contributed by atoms with E-state index in [0.717, 1.165) is 18.5 Å². The number of nitrogens with two attached hydrogens (primary N) is 1. The second-order valence-corrected chi connectivity index (χ2v) is 7.04. The highest BCUT2D eigenvalue weighted by Crippen LogP contribution is 2.37. The van der Waals surface area contributed by atoms with Gasteiger partial charge in [-0.15, -0.1) is 12.4 Å². The van der Waals surface area contributed by atoms with Crippen molar-refractivity contribution in [3.8, 4) is 11.3 Å². The molecule has 27 heavy (non-hydrogen) atoms. The molecule has 1 saturated heterocycles. The molecule has 1 aliphatic heterocycles. The molecule has 1 aliphatic rings. The molecule has 2 amide bonds. The van der Waals surface area contributed by atoms with Crippen LogP contribution in [0.5, 0.6) is 0 Å². The molecule has 0 spiro atoms. The first kappa shape index (κ1) is 21.3. The standard InChI is InChI=1S/C19H23ClN4O2.ClH/c1-13-18(24(21)19(25)23(13)12-4-11-22(2)3)17-10-9-16(26-17)14-5-7-15(20)8-6-14;/h5-10,18H,1,4,11-12,21H2,2-3H3;1H. The molecule has 146 valence electrons. The van der Waals surface area contributed by atoms with Gasteiger partial charge in [0.2, 0.25) is 0 Å². The maximum absolute atomic E-state index is 12.5. The summed E-state index contributed by atoms with van der Waals surface area (Å²) in [5.74, 6) is 7.31. The Balaban J connectivity index is 0.00000261. The van der Waals surface area contributed by atoms with E-state index in [1.165, 1.54) is 5.01 Å². The van der Waals surface area contributed by atoms with Gasteiger partial charge in [-0.1, -0.05) is 18.2 Å². The number of hydrogen-bond donors (Lipinski definition) is 1. The van der Waals surface area contributed by atoms with E-state index in [2.05, 4.69) is 11.5 Å². The fraction of sp³-hybridized carbons (Fsp3) is 0.316. The van der Waals surface area contributed by atoms with Crippen molar-refractivity contribution in [2.75, 3.05) is 27.2 Å². The second kappa shape index (κ2) is 8.80. The lowest BCUT2D eigenvalue weighted by Gasteiger charge is -2.17. The molecule has 0 bridgehead atoms. The van der Waals surface area contributed by atoms with Crippen molar-refractivity contribution < 1.29 is 9.21 Å². The number of furan rings is 1. The lowest BCUT2D eigenvalue weighted by molar-refractivity contribution is 0.183. The van der Waals surface area contributed by atoms with Gasteiger partial charge < -0.3 is 9.32 Å². The van der Waals surface area contributed by atoms with E-state index < -0.39 is 6.04 Å². The minimum atomic E-state index is -0.497. The van der Waals surface area contributed by atoms with Crippen LogP contribution in [0.15, 0.2) is 53.1 Å². The number of carbonyl (C=O) groups excluding carboxylic acids is 1. The molecular formula is C19H24Cl2N4O2. The van der Waals surface area contributed by atoms with E-state index in [9.17, 15) is 4.79 Å². The summed E-state index contributed by atoms with van der Waals surface area (Å²) in [6.07, 6.45) is 0.840. The Bertz CT molecular complexity index is 804. The van der Waals surface area contributed by atoms with Crippen molar-refractivity contribution in [3.05, 3.63) is 59.5 Å². The first-order valence-corrected chi connectivity index (χ1v) is 8.81. The van der Waals surface area contributed by atoms with Crippen LogP contribution in [-0.2, 0) is 0 Å². The molecule has 0 radical (unpaired) electrons. The molecule has 1 unspecified atom stereocenters. The molecule has 0 aliphatic carbocycles. The van der Waals surface area contributed by atoms with Gasteiger partial charge in [0.15, 0.2) is 0 Å². The predicted molar refractivity (Wildman–Crippen MR) is 110 cm³/mol. The largest absolute Gasteiger partial charge is 0.458 e. The number of benzene rings is 1. The van der Waals surface area contributed by atoms with E-state index >= 15 is 0 Å². The quantitative estimate of drug-likeness (QED) is 0.573. The van der Waals surface area contributed by atoms with Crippen molar-refractivity contribution in [2.24, 2.45) is 5.84 Å². The molecule has 2 N–H and O–H groups in total. The van der Waals surface area contributed by atoms with Gasteiger partial charge in [0.25, 0.3) is 0 Å². The highest BCUT2D eigenvalue weighted by Gasteiger charge is 2.41. The molecule has 2 aromatic rings. The molecule has 6 nitrogen and oxygen atoms in total. The van der Waals surface area contributed by atoms with Crippen molar-refractivity contribution >= 4 is 30.0 Å². The van der Waals surface area contributed by atoms with Gasteiger partial charge in [0, 0.05) is 22.8 Å². The third-order valence-electron chi connectivity index (χ3n) is 4.40. The summed E-state index contributed by atoms with van der Waals surface area (Å²) in [6.45, 7) is 5.53. The highest BCUT2D eigenvalue weighted by atomic mass is 35.5. The number of hydrogen-bond acceptors (Lipinski definition) is 4. The Hall–Kier alpha value is -1.99. The highest BCUT2D eigenvalue weighted by molar-refractivity contribution is 6.30. The minimum Gasteiger partial charge on any atom is -0.458 e. The molecule has 2 heterocycles. The number of amides is 2. The van der Waals surface area contributed by atoms with Gasteiger partial charge in [-0.3, -0.25) is 4.90 Å². The molecule has 1 aromatic carbocycles. The van der Waals surface area contributed by atoms with Gasteiger partial charge >= 0.3 is 6.03 Å². The zero-order valence-electron chi connectivity index (χ0n) is 15.4. The zero-order valence-corrected chi connectivity index (χ0v) is 17.0. The molecule has 1 fully saturated rings. The van der Waals surface area contributed by atoms with Gasteiger partial charge in [-0.2, -0.15) is 0 Å². The fourth-order valence-corrected chi connectivity index (χ4v) is 3.16. The lowest BCUT2D eigenvalue weighted by atomic mass is 10.1. The Kier molecular flexibility index (Phi) is 6.95.